The SMILES string of the molecule is Cc1cc(NC(=O)CNc2ccc(-c3ccc(NC(=O)C4CC4)nc3)cc2F)ccc1CN1CCNCC1. The fraction of sp³-hybridized carbons (Fsp3) is 0.345. The molecule has 0 atom stereocenters. The average Bonchev–Trinajstić information content (AvgIpc) is 3.77. The molecule has 2 aliphatic rings. The Hall–Kier alpha value is -3.82. The van der Waals surface area contributed by atoms with Gasteiger partial charge in [0.1, 0.15) is 11.6 Å². The van der Waals surface area contributed by atoms with Gasteiger partial charge in [0.15, 0.2) is 0 Å². The molecule has 1 saturated carbocycles. The van der Waals surface area contributed by atoms with Crippen LogP contribution in [-0.2, 0) is 16.1 Å². The van der Waals surface area contributed by atoms with Crippen molar-refractivity contribution in [2.24, 2.45) is 5.92 Å². The Kier molecular flexibility index (Phi) is 7.95. The Morgan fingerprint density at radius 2 is 1.82 bits per heavy atom. The summed E-state index contributed by atoms with van der Waals surface area (Å²) in [4.78, 5) is 31.1. The molecule has 1 saturated heterocycles. The van der Waals surface area contributed by atoms with Crippen molar-refractivity contribution >= 4 is 29.0 Å². The number of amides is 2. The summed E-state index contributed by atoms with van der Waals surface area (Å²) in [7, 11) is 0. The maximum Gasteiger partial charge on any atom is 0.243 e. The molecule has 3 aromatic rings. The van der Waals surface area contributed by atoms with Gasteiger partial charge in [-0.2, -0.15) is 0 Å². The molecule has 1 aliphatic heterocycles. The third kappa shape index (κ3) is 6.73. The van der Waals surface area contributed by atoms with E-state index in [0.717, 1.165) is 62.4 Å². The van der Waals surface area contributed by atoms with Gasteiger partial charge in [-0.3, -0.25) is 14.5 Å². The molecule has 1 aromatic heterocycles. The largest absolute Gasteiger partial charge is 0.374 e. The van der Waals surface area contributed by atoms with Gasteiger partial charge in [-0.05, 0) is 72.9 Å². The van der Waals surface area contributed by atoms with E-state index >= 15 is 0 Å². The van der Waals surface area contributed by atoms with Crippen LogP contribution >= 0.6 is 0 Å². The van der Waals surface area contributed by atoms with Crippen molar-refractivity contribution in [3.05, 3.63) is 71.7 Å². The third-order valence-corrected chi connectivity index (χ3v) is 6.93. The van der Waals surface area contributed by atoms with E-state index in [2.05, 4.69) is 44.1 Å². The molecule has 4 N–H and O–H groups in total. The first-order chi connectivity index (χ1) is 18.4. The van der Waals surface area contributed by atoms with Gasteiger partial charge in [-0.25, -0.2) is 9.37 Å². The van der Waals surface area contributed by atoms with E-state index in [0.29, 0.717) is 11.4 Å². The van der Waals surface area contributed by atoms with Crippen LogP contribution in [0.15, 0.2) is 54.7 Å². The number of anilines is 3. The minimum atomic E-state index is -0.463. The lowest BCUT2D eigenvalue weighted by molar-refractivity contribution is -0.117. The summed E-state index contributed by atoms with van der Waals surface area (Å²) in [5.74, 6) is -0.136. The number of benzene rings is 2. The Bertz CT molecular complexity index is 1300. The van der Waals surface area contributed by atoms with E-state index in [4.69, 9.17) is 0 Å². The molecule has 2 heterocycles. The number of aryl methyl sites for hydroxylation is 1. The number of hydrogen-bond acceptors (Lipinski definition) is 6. The lowest BCUT2D eigenvalue weighted by Gasteiger charge is -2.27. The van der Waals surface area contributed by atoms with Crippen molar-refractivity contribution in [3.63, 3.8) is 0 Å². The minimum Gasteiger partial charge on any atom is -0.374 e. The van der Waals surface area contributed by atoms with Gasteiger partial charge in [-0.1, -0.05) is 12.1 Å². The second kappa shape index (κ2) is 11.7. The zero-order valence-electron chi connectivity index (χ0n) is 21.5. The molecule has 38 heavy (non-hydrogen) atoms. The van der Waals surface area contributed by atoms with E-state index in [1.165, 1.54) is 11.6 Å². The van der Waals surface area contributed by atoms with Crippen molar-refractivity contribution in [3.8, 4) is 11.1 Å². The van der Waals surface area contributed by atoms with Crippen molar-refractivity contribution < 1.29 is 14.0 Å². The smallest absolute Gasteiger partial charge is 0.243 e. The normalized spacial score (nSPS) is 15.6. The molecule has 5 rings (SSSR count). The van der Waals surface area contributed by atoms with Gasteiger partial charge >= 0.3 is 0 Å². The van der Waals surface area contributed by atoms with Crippen molar-refractivity contribution in [2.75, 3.05) is 48.7 Å². The Morgan fingerprint density at radius 3 is 2.50 bits per heavy atom. The predicted octanol–water partition coefficient (Wildman–Crippen LogP) is 4.00. The molecule has 1 aliphatic carbocycles. The number of rotatable bonds is 9. The highest BCUT2D eigenvalue weighted by Gasteiger charge is 2.29. The second-order valence-corrected chi connectivity index (χ2v) is 9.96. The highest BCUT2D eigenvalue weighted by molar-refractivity contribution is 5.94. The first-order valence-electron chi connectivity index (χ1n) is 13.1. The fourth-order valence-corrected chi connectivity index (χ4v) is 4.49. The molecular weight excluding hydrogens is 483 g/mol. The van der Waals surface area contributed by atoms with Gasteiger partial charge in [0.05, 0.1) is 12.2 Å². The first kappa shape index (κ1) is 25.8. The number of nitrogens with one attached hydrogen (secondary N) is 4. The maximum absolute atomic E-state index is 14.8. The number of carbonyl (C=O) groups is 2. The number of pyridine rings is 1. The summed E-state index contributed by atoms with van der Waals surface area (Å²) in [6.45, 7) is 6.97. The quantitative estimate of drug-likeness (QED) is 0.343. The maximum atomic E-state index is 14.8. The molecule has 8 nitrogen and oxygen atoms in total. The van der Waals surface area contributed by atoms with Crippen molar-refractivity contribution in [2.45, 2.75) is 26.3 Å². The number of aromatic nitrogens is 1. The van der Waals surface area contributed by atoms with Crippen LogP contribution in [0.3, 0.4) is 0 Å². The van der Waals surface area contributed by atoms with E-state index in [9.17, 15) is 14.0 Å². The predicted molar refractivity (Wildman–Crippen MR) is 147 cm³/mol. The number of hydrogen-bond donors (Lipinski definition) is 4. The van der Waals surface area contributed by atoms with Gasteiger partial charge in [0.2, 0.25) is 11.8 Å². The fourth-order valence-electron chi connectivity index (χ4n) is 4.49. The van der Waals surface area contributed by atoms with Gasteiger partial charge in [-0.15, -0.1) is 0 Å². The number of piperazine rings is 1. The first-order valence-corrected chi connectivity index (χ1v) is 13.1. The van der Waals surface area contributed by atoms with Crippen LogP contribution in [0.1, 0.15) is 24.0 Å². The summed E-state index contributed by atoms with van der Waals surface area (Å²) in [6, 6.07) is 14.2. The van der Waals surface area contributed by atoms with Crippen LogP contribution < -0.4 is 21.3 Å². The lowest BCUT2D eigenvalue weighted by atomic mass is 10.1. The minimum absolute atomic E-state index is 0.00581. The molecule has 2 fully saturated rings. The zero-order chi connectivity index (χ0) is 26.5. The Labute approximate surface area is 222 Å². The molecular formula is C29H33FN6O2. The van der Waals surface area contributed by atoms with Gasteiger partial charge in [0, 0.05) is 56.1 Å². The zero-order valence-corrected chi connectivity index (χ0v) is 21.5. The standard InChI is InChI=1S/C29H33FN6O2/c1-19-14-24(7-4-23(19)18-36-12-10-31-11-13-36)34-28(37)17-32-26-8-5-21(15-25(26)30)22-6-9-27(33-16-22)35-29(38)20-2-3-20/h4-9,14-16,20,31-32H,2-3,10-13,17-18H2,1H3,(H,34,37)(H,33,35,38). The second-order valence-electron chi connectivity index (χ2n) is 9.96. The number of nitrogens with zero attached hydrogens (tertiary/aromatic N) is 2. The van der Waals surface area contributed by atoms with E-state index in [-0.39, 0.29) is 30.0 Å². The molecule has 0 bridgehead atoms. The Balaban J connectivity index is 1.12. The summed E-state index contributed by atoms with van der Waals surface area (Å²) >= 11 is 0. The summed E-state index contributed by atoms with van der Waals surface area (Å²) in [5.41, 5.74) is 4.72. The third-order valence-electron chi connectivity index (χ3n) is 6.93. The van der Waals surface area contributed by atoms with Crippen molar-refractivity contribution in [1.82, 2.24) is 15.2 Å². The molecule has 2 amide bonds. The molecule has 2 aromatic carbocycles. The van der Waals surface area contributed by atoms with E-state index in [1.807, 2.05) is 12.1 Å². The van der Waals surface area contributed by atoms with Crippen LogP contribution in [0.25, 0.3) is 11.1 Å². The molecule has 0 spiro atoms. The van der Waals surface area contributed by atoms with Gasteiger partial charge in [0.25, 0.3) is 0 Å². The van der Waals surface area contributed by atoms with E-state index < -0.39 is 5.82 Å². The highest BCUT2D eigenvalue weighted by atomic mass is 19.1. The summed E-state index contributed by atoms with van der Waals surface area (Å²) < 4.78 is 14.8. The van der Waals surface area contributed by atoms with E-state index in [1.54, 1.807) is 30.5 Å². The highest BCUT2D eigenvalue weighted by Crippen LogP contribution is 2.30. The van der Waals surface area contributed by atoms with Crippen LogP contribution in [0.4, 0.5) is 21.6 Å². The average molecular weight is 517 g/mol. The molecule has 9 heteroatoms. The van der Waals surface area contributed by atoms with Crippen molar-refractivity contribution in [1.29, 1.82) is 0 Å². The summed E-state index contributed by atoms with van der Waals surface area (Å²) in [5, 5.41) is 11.9. The number of halogens is 1. The number of carbonyl (C=O) groups excluding carboxylic acids is 2. The monoisotopic (exact) mass is 516 g/mol. The van der Waals surface area contributed by atoms with Crippen LogP contribution in [0.5, 0.6) is 0 Å². The van der Waals surface area contributed by atoms with Gasteiger partial charge < -0.3 is 21.3 Å². The van der Waals surface area contributed by atoms with Crippen LogP contribution in [0, 0.1) is 18.7 Å². The Morgan fingerprint density at radius 1 is 1.03 bits per heavy atom. The lowest BCUT2D eigenvalue weighted by Crippen LogP contribution is -2.42. The topological polar surface area (TPSA) is 98.4 Å². The molecule has 0 radical (unpaired) electrons. The molecule has 0 unspecified atom stereocenters. The summed E-state index contributed by atoms with van der Waals surface area (Å²) in [6.07, 6.45) is 3.46. The van der Waals surface area contributed by atoms with Crippen LogP contribution in [-0.4, -0.2) is 54.4 Å². The van der Waals surface area contributed by atoms with Crippen LogP contribution in [0.2, 0.25) is 0 Å². The molecule has 198 valence electrons.